The van der Waals surface area contributed by atoms with Crippen LogP contribution in [0.5, 0.6) is 5.88 Å². The first-order chi connectivity index (χ1) is 8.60. The Balaban J connectivity index is 2.37. The molecule has 0 N–H and O–H groups in total. The van der Waals surface area contributed by atoms with Gasteiger partial charge in [-0.15, -0.1) is 11.3 Å². The summed E-state index contributed by atoms with van der Waals surface area (Å²) in [4.78, 5) is 10.2. The van der Waals surface area contributed by atoms with Gasteiger partial charge < -0.3 is 4.74 Å². The second-order valence-corrected chi connectivity index (χ2v) is 5.72. The van der Waals surface area contributed by atoms with Crippen LogP contribution in [0.15, 0.2) is 17.6 Å². The third-order valence-electron chi connectivity index (χ3n) is 2.57. The first-order valence-electron chi connectivity index (χ1n) is 6.05. The number of methoxy groups -OCH3 is 1. The van der Waals surface area contributed by atoms with Crippen molar-refractivity contribution >= 4 is 11.3 Å². The molecule has 0 spiro atoms. The molecule has 0 aliphatic rings. The van der Waals surface area contributed by atoms with Gasteiger partial charge in [0, 0.05) is 6.20 Å². The summed E-state index contributed by atoms with van der Waals surface area (Å²) in [6.07, 6.45) is 2.78. The van der Waals surface area contributed by atoms with Crippen LogP contribution in [0.4, 0.5) is 0 Å². The van der Waals surface area contributed by atoms with Gasteiger partial charge in [-0.05, 0) is 36.3 Å². The number of aryl methyl sites for hydroxylation is 1. The molecule has 0 fully saturated rings. The molecule has 0 aliphatic heterocycles. The highest BCUT2D eigenvalue weighted by Gasteiger charge is 2.12. The number of hydrogen-bond acceptors (Lipinski definition) is 4. The Morgan fingerprint density at radius 3 is 2.72 bits per heavy atom. The molecule has 3 nitrogen and oxygen atoms in total. The Labute approximate surface area is 112 Å². The third-order valence-corrected chi connectivity index (χ3v) is 3.62. The fraction of sp³-hybridized carbons (Fsp3) is 0.429. The zero-order valence-electron chi connectivity index (χ0n) is 11.2. The fourth-order valence-corrected chi connectivity index (χ4v) is 2.68. The van der Waals surface area contributed by atoms with E-state index in [0.29, 0.717) is 11.8 Å². The van der Waals surface area contributed by atoms with Gasteiger partial charge in [-0.3, -0.25) is 0 Å². The van der Waals surface area contributed by atoms with Crippen LogP contribution in [0.3, 0.4) is 0 Å². The van der Waals surface area contributed by atoms with Crippen molar-refractivity contribution in [3.8, 4) is 16.5 Å². The topological polar surface area (TPSA) is 35.0 Å². The predicted molar refractivity (Wildman–Crippen MR) is 75.2 cm³/mol. The van der Waals surface area contributed by atoms with Crippen LogP contribution in [0.1, 0.15) is 25.1 Å². The molecule has 0 aromatic carbocycles. The van der Waals surface area contributed by atoms with Crippen LogP contribution in [0.25, 0.3) is 10.6 Å². The summed E-state index contributed by atoms with van der Waals surface area (Å²) in [6, 6.07) is 2.11. The van der Waals surface area contributed by atoms with E-state index in [4.69, 9.17) is 4.74 Å². The summed E-state index contributed by atoms with van der Waals surface area (Å²) >= 11 is 1.67. The highest BCUT2D eigenvalue weighted by Crippen LogP contribution is 2.31. The SMILES string of the molecule is COc1nc(CC(C)C)cnc1-c1cc(C)cs1. The lowest BCUT2D eigenvalue weighted by Crippen LogP contribution is -2.02. The normalized spacial score (nSPS) is 10.9. The van der Waals surface area contributed by atoms with Crippen molar-refractivity contribution in [3.05, 3.63) is 28.9 Å². The minimum atomic E-state index is 0.568. The second kappa shape index (κ2) is 5.48. The number of ether oxygens (including phenoxy) is 1. The smallest absolute Gasteiger partial charge is 0.241 e. The van der Waals surface area contributed by atoms with E-state index in [2.05, 4.69) is 42.2 Å². The van der Waals surface area contributed by atoms with Crippen LogP contribution < -0.4 is 4.74 Å². The number of nitrogens with zero attached hydrogens (tertiary/aromatic N) is 2. The molecule has 2 heterocycles. The van der Waals surface area contributed by atoms with E-state index in [9.17, 15) is 0 Å². The molecule has 0 radical (unpaired) electrons. The second-order valence-electron chi connectivity index (χ2n) is 4.81. The molecule has 18 heavy (non-hydrogen) atoms. The molecular formula is C14H18N2OS. The van der Waals surface area contributed by atoms with Crippen LogP contribution in [-0.4, -0.2) is 17.1 Å². The monoisotopic (exact) mass is 262 g/mol. The molecule has 0 atom stereocenters. The minimum Gasteiger partial charge on any atom is -0.479 e. The molecule has 0 unspecified atom stereocenters. The van der Waals surface area contributed by atoms with E-state index < -0.39 is 0 Å². The maximum atomic E-state index is 5.36. The van der Waals surface area contributed by atoms with Crippen molar-refractivity contribution in [3.63, 3.8) is 0 Å². The largest absolute Gasteiger partial charge is 0.479 e. The van der Waals surface area contributed by atoms with Crippen molar-refractivity contribution in [1.82, 2.24) is 9.97 Å². The summed E-state index contributed by atoms with van der Waals surface area (Å²) in [7, 11) is 1.65. The Bertz CT molecular complexity index is 534. The molecule has 0 saturated heterocycles. The zero-order valence-corrected chi connectivity index (χ0v) is 12.0. The van der Waals surface area contributed by atoms with Crippen LogP contribution in [-0.2, 0) is 6.42 Å². The molecular weight excluding hydrogens is 244 g/mol. The minimum absolute atomic E-state index is 0.568. The zero-order chi connectivity index (χ0) is 13.1. The lowest BCUT2D eigenvalue weighted by molar-refractivity contribution is 0.395. The van der Waals surface area contributed by atoms with Crippen molar-refractivity contribution in [1.29, 1.82) is 0 Å². The maximum Gasteiger partial charge on any atom is 0.241 e. The van der Waals surface area contributed by atoms with Crippen LogP contribution >= 0.6 is 11.3 Å². The molecule has 0 bridgehead atoms. The molecule has 0 saturated carbocycles. The number of rotatable bonds is 4. The molecule has 96 valence electrons. The van der Waals surface area contributed by atoms with Gasteiger partial charge in [0.05, 0.1) is 17.7 Å². The van der Waals surface area contributed by atoms with Crippen molar-refractivity contribution in [2.75, 3.05) is 7.11 Å². The molecule has 0 amide bonds. The van der Waals surface area contributed by atoms with Gasteiger partial charge in [0.25, 0.3) is 0 Å². The van der Waals surface area contributed by atoms with Gasteiger partial charge in [0.1, 0.15) is 5.69 Å². The van der Waals surface area contributed by atoms with E-state index in [1.54, 1.807) is 18.4 Å². The highest BCUT2D eigenvalue weighted by atomic mass is 32.1. The Kier molecular flexibility index (Phi) is 3.97. The number of thiophene rings is 1. The van der Waals surface area contributed by atoms with Crippen LogP contribution in [0, 0.1) is 12.8 Å². The van der Waals surface area contributed by atoms with Gasteiger partial charge in [-0.25, -0.2) is 9.97 Å². The highest BCUT2D eigenvalue weighted by molar-refractivity contribution is 7.13. The average Bonchev–Trinajstić information content (AvgIpc) is 2.74. The van der Waals surface area contributed by atoms with Gasteiger partial charge in [-0.2, -0.15) is 0 Å². The van der Waals surface area contributed by atoms with Gasteiger partial charge >= 0.3 is 0 Å². The summed E-state index contributed by atoms with van der Waals surface area (Å²) in [6.45, 7) is 6.42. The van der Waals surface area contributed by atoms with Gasteiger partial charge in [-0.1, -0.05) is 13.8 Å². The lowest BCUT2D eigenvalue weighted by Gasteiger charge is -2.08. The quantitative estimate of drug-likeness (QED) is 0.842. The Hall–Kier alpha value is -1.42. The summed E-state index contributed by atoms with van der Waals surface area (Å²) in [5, 5.41) is 2.11. The van der Waals surface area contributed by atoms with E-state index in [0.717, 1.165) is 22.7 Å². The summed E-state index contributed by atoms with van der Waals surface area (Å²) in [5.74, 6) is 1.19. The van der Waals surface area contributed by atoms with Crippen molar-refractivity contribution in [2.45, 2.75) is 27.2 Å². The van der Waals surface area contributed by atoms with E-state index in [-0.39, 0.29) is 0 Å². The van der Waals surface area contributed by atoms with Crippen molar-refractivity contribution in [2.24, 2.45) is 5.92 Å². The van der Waals surface area contributed by atoms with E-state index in [1.807, 2.05) is 6.20 Å². The first-order valence-corrected chi connectivity index (χ1v) is 6.93. The number of aromatic nitrogens is 2. The number of hydrogen-bond donors (Lipinski definition) is 0. The van der Waals surface area contributed by atoms with E-state index in [1.165, 1.54) is 5.56 Å². The van der Waals surface area contributed by atoms with Gasteiger partial charge in [0.15, 0.2) is 0 Å². The third kappa shape index (κ3) is 2.88. The molecule has 4 heteroatoms. The fourth-order valence-electron chi connectivity index (χ4n) is 1.79. The lowest BCUT2D eigenvalue weighted by atomic mass is 10.1. The Morgan fingerprint density at radius 1 is 1.39 bits per heavy atom. The summed E-state index contributed by atoms with van der Waals surface area (Å²) in [5.41, 5.74) is 3.06. The standard InChI is InChI=1S/C14H18N2OS/c1-9(2)5-11-7-15-13(14(16-11)17-4)12-6-10(3)8-18-12/h6-9H,5H2,1-4H3. The molecule has 2 aromatic rings. The maximum absolute atomic E-state index is 5.36. The van der Waals surface area contributed by atoms with Gasteiger partial charge in [0.2, 0.25) is 5.88 Å². The molecule has 2 rings (SSSR count). The Morgan fingerprint density at radius 2 is 2.17 bits per heavy atom. The summed E-state index contributed by atoms with van der Waals surface area (Å²) < 4.78 is 5.36. The van der Waals surface area contributed by atoms with Crippen LogP contribution in [0.2, 0.25) is 0 Å². The average molecular weight is 262 g/mol. The molecule has 2 aromatic heterocycles. The predicted octanol–water partition coefficient (Wildman–Crippen LogP) is 3.72. The first kappa shape index (κ1) is 13.0. The van der Waals surface area contributed by atoms with Crippen molar-refractivity contribution < 1.29 is 4.74 Å². The van der Waals surface area contributed by atoms with E-state index >= 15 is 0 Å². The molecule has 0 aliphatic carbocycles.